The maximum absolute atomic E-state index is 14.9. The van der Waals surface area contributed by atoms with E-state index < -0.39 is 27.2 Å². The monoisotopic (exact) mass is 489 g/mol. The van der Waals surface area contributed by atoms with Gasteiger partial charge in [0.05, 0.1) is 22.9 Å². The van der Waals surface area contributed by atoms with Gasteiger partial charge >= 0.3 is 0 Å². The van der Waals surface area contributed by atoms with Crippen LogP contribution in [0.3, 0.4) is 0 Å². The number of carbonyl (C=O) groups excluding carboxylic acids is 1. The summed E-state index contributed by atoms with van der Waals surface area (Å²) in [5.41, 5.74) is 5.42. The highest BCUT2D eigenvalue weighted by Gasteiger charge is 2.42. The number of anilines is 1. The van der Waals surface area contributed by atoms with Crippen LogP contribution in [0.25, 0.3) is 0 Å². The molecule has 12 heteroatoms. The van der Waals surface area contributed by atoms with Gasteiger partial charge in [0.1, 0.15) is 33.0 Å². The standard InChI is InChI=1S/C21H21ClFN7O2S/c1-21(12-33(32)27-6-2-3-7-30(33)20(25)29-21)15-9-14(4-5-17(15)23)28-19(31)18-16(22)8-13(10-24)11-26-18/h4-5,8-9,11H,2-3,6-7,12H2,1H3,(H2,25,29)(H,28,31)/t21-,33?/m0/s1. The fraction of sp³-hybridized carbons (Fsp3) is 0.333. The molecular weight excluding hydrogens is 469 g/mol. The second-order valence-corrected chi connectivity index (χ2v) is 10.6. The molecule has 0 aliphatic carbocycles. The third kappa shape index (κ3) is 4.36. The second-order valence-electron chi connectivity index (χ2n) is 7.97. The maximum atomic E-state index is 14.9. The van der Waals surface area contributed by atoms with E-state index in [9.17, 15) is 13.4 Å². The number of aromatic nitrogens is 1. The molecule has 0 radical (unpaired) electrons. The molecule has 3 N–H and O–H groups in total. The Morgan fingerprint density at radius 3 is 2.91 bits per heavy atom. The number of amides is 1. The first-order valence-electron chi connectivity index (χ1n) is 10.2. The Morgan fingerprint density at radius 2 is 2.18 bits per heavy atom. The quantitative estimate of drug-likeness (QED) is 0.682. The average molecular weight is 490 g/mol. The number of rotatable bonds is 3. The Balaban J connectivity index is 1.68. The van der Waals surface area contributed by atoms with Crippen molar-refractivity contribution in [2.24, 2.45) is 15.1 Å². The molecule has 2 atom stereocenters. The number of pyridine rings is 1. The summed E-state index contributed by atoms with van der Waals surface area (Å²) in [4.78, 5) is 21.1. The zero-order valence-electron chi connectivity index (χ0n) is 17.7. The van der Waals surface area contributed by atoms with Crippen molar-refractivity contribution in [1.29, 1.82) is 5.26 Å². The van der Waals surface area contributed by atoms with Crippen molar-refractivity contribution in [3.8, 4) is 6.07 Å². The molecule has 9 nitrogen and oxygen atoms in total. The Bertz CT molecular complexity index is 1330. The number of halogens is 2. The van der Waals surface area contributed by atoms with Crippen LogP contribution in [-0.4, -0.2) is 44.2 Å². The molecule has 1 aromatic carbocycles. The lowest BCUT2D eigenvalue weighted by Crippen LogP contribution is -2.52. The number of fused-ring (bicyclic) bond motifs is 1. The van der Waals surface area contributed by atoms with Gasteiger partial charge in [-0.05, 0) is 44.0 Å². The summed E-state index contributed by atoms with van der Waals surface area (Å²) in [7, 11) is -2.89. The molecule has 1 aromatic heterocycles. The number of benzene rings is 1. The number of guanidine groups is 1. The highest BCUT2D eigenvalue weighted by molar-refractivity contribution is 7.92. The molecular formula is C21H21ClFN7O2S. The molecule has 0 bridgehead atoms. The van der Waals surface area contributed by atoms with Gasteiger partial charge in [-0.15, -0.1) is 0 Å². The van der Waals surface area contributed by atoms with Crippen LogP contribution in [-0.2, 0) is 15.5 Å². The van der Waals surface area contributed by atoms with Gasteiger partial charge in [0.2, 0.25) is 5.96 Å². The highest BCUT2D eigenvalue weighted by Crippen LogP contribution is 2.36. The fourth-order valence-electron chi connectivity index (χ4n) is 3.89. The number of hydrogen-bond donors (Lipinski definition) is 2. The van der Waals surface area contributed by atoms with Crippen molar-refractivity contribution in [3.05, 3.63) is 58.1 Å². The van der Waals surface area contributed by atoms with E-state index in [0.717, 1.165) is 12.8 Å². The normalized spacial score (nSPS) is 24.5. The molecule has 4 rings (SSSR count). The molecule has 1 unspecified atom stereocenters. The number of hydrogen-bond acceptors (Lipinski definition) is 7. The van der Waals surface area contributed by atoms with Crippen molar-refractivity contribution in [2.75, 3.05) is 24.2 Å². The minimum Gasteiger partial charge on any atom is -0.369 e. The third-order valence-corrected chi connectivity index (χ3v) is 8.35. The number of aliphatic imine (C=N–C) groups is 1. The number of nitrogens with zero attached hydrogens (tertiary/aromatic N) is 5. The number of nitrogens with one attached hydrogen (secondary N) is 1. The summed E-state index contributed by atoms with van der Waals surface area (Å²) < 4.78 is 34.4. The van der Waals surface area contributed by atoms with E-state index in [0.29, 0.717) is 13.1 Å². The molecule has 2 aliphatic heterocycles. The van der Waals surface area contributed by atoms with Crippen LogP contribution in [0.15, 0.2) is 39.8 Å². The summed E-state index contributed by atoms with van der Waals surface area (Å²) in [6.45, 7) is 2.56. The summed E-state index contributed by atoms with van der Waals surface area (Å²) >= 11 is 6.07. The predicted octanol–water partition coefficient (Wildman–Crippen LogP) is 3.02. The van der Waals surface area contributed by atoms with Gasteiger partial charge in [-0.2, -0.15) is 5.26 Å². The van der Waals surface area contributed by atoms with Crippen LogP contribution < -0.4 is 11.1 Å². The van der Waals surface area contributed by atoms with Crippen molar-refractivity contribution in [2.45, 2.75) is 25.3 Å². The van der Waals surface area contributed by atoms with Crippen LogP contribution in [0.5, 0.6) is 0 Å². The van der Waals surface area contributed by atoms with Gasteiger partial charge in [-0.1, -0.05) is 11.6 Å². The molecule has 2 aromatic rings. The molecule has 2 aliphatic rings. The van der Waals surface area contributed by atoms with Crippen molar-refractivity contribution in [1.82, 2.24) is 9.29 Å². The summed E-state index contributed by atoms with van der Waals surface area (Å²) in [5.74, 6) is -1.18. The van der Waals surface area contributed by atoms with Gasteiger partial charge in [0.25, 0.3) is 5.91 Å². The number of carbonyl (C=O) groups is 1. The fourth-order valence-corrected chi connectivity index (χ4v) is 6.64. The first-order chi connectivity index (χ1) is 15.6. The Morgan fingerprint density at radius 1 is 1.39 bits per heavy atom. The average Bonchev–Trinajstić information content (AvgIpc) is 2.95. The Kier molecular flexibility index (Phi) is 5.99. The van der Waals surface area contributed by atoms with Crippen molar-refractivity contribution < 1.29 is 13.4 Å². The maximum Gasteiger partial charge on any atom is 0.275 e. The van der Waals surface area contributed by atoms with E-state index in [-0.39, 0.29) is 39.2 Å². The Hall–Kier alpha value is -3.23. The van der Waals surface area contributed by atoms with E-state index in [2.05, 4.69) is 19.7 Å². The lowest BCUT2D eigenvalue weighted by atomic mass is 9.93. The molecule has 0 fully saturated rings. The summed E-state index contributed by atoms with van der Waals surface area (Å²) in [6, 6.07) is 7.23. The zero-order chi connectivity index (χ0) is 23.8. The topological polar surface area (TPSA) is 137 Å². The molecule has 33 heavy (non-hydrogen) atoms. The summed E-state index contributed by atoms with van der Waals surface area (Å²) in [5, 5.41) is 11.6. The minimum atomic E-state index is -2.89. The van der Waals surface area contributed by atoms with Crippen molar-refractivity contribution in [3.63, 3.8) is 0 Å². The van der Waals surface area contributed by atoms with Crippen LogP contribution in [0.4, 0.5) is 10.1 Å². The Labute approximate surface area is 195 Å². The van der Waals surface area contributed by atoms with Crippen molar-refractivity contribution >= 4 is 39.1 Å². The largest absolute Gasteiger partial charge is 0.369 e. The lowest BCUT2D eigenvalue weighted by Gasteiger charge is -2.38. The lowest BCUT2D eigenvalue weighted by molar-refractivity contribution is 0.102. The van der Waals surface area contributed by atoms with E-state index in [1.165, 1.54) is 34.8 Å². The highest BCUT2D eigenvalue weighted by atomic mass is 35.5. The second kappa shape index (κ2) is 8.61. The molecule has 3 heterocycles. The smallest absolute Gasteiger partial charge is 0.275 e. The molecule has 0 saturated heterocycles. The van der Waals surface area contributed by atoms with E-state index >= 15 is 0 Å². The number of nitriles is 1. The first-order valence-corrected chi connectivity index (χ1v) is 12.2. The van der Waals surface area contributed by atoms with Crippen LogP contribution in [0.2, 0.25) is 5.02 Å². The SMILES string of the molecule is C[C@@]1(c2cc(NC(=O)c3ncc(C#N)cc3Cl)ccc2F)CS2(=O)=NCCCCN2C(N)=N1. The van der Waals surface area contributed by atoms with E-state index in [4.69, 9.17) is 22.6 Å². The van der Waals surface area contributed by atoms with Gasteiger partial charge < -0.3 is 11.1 Å². The minimum absolute atomic E-state index is 0.0115. The summed E-state index contributed by atoms with van der Waals surface area (Å²) in [6.07, 6.45) is 2.81. The van der Waals surface area contributed by atoms with Gasteiger partial charge in [0.15, 0.2) is 0 Å². The van der Waals surface area contributed by atoms with Crippen LogP contribution in [0, 0.1) is 17.1 Å². The van der Waals surface area contributed by atoms with Gasteiger partial charge in [0, 0.05) is 24.0 Å². The zero-order valence-corrected chi connectivity index (χ0v) is 19.3. The van der Waals surface area contributed by atoms with Crippen LogP contribution >= 0.6 is 11.6 Å². The van der Waals surface area contributed by atoms with Gasteiger partial charge in [-0.3, -0.25) is 9.10 Å². The molecule has 0 saturated carbocycles. The predicted molar refractivity (Wildman–Crippen MR) is 124 cm³/mol. The molecule has 1 amide bonds. The van der Waals surface area contributed by atoms with E-state index in [1.807, 2.05) is 6.07 Å². The molecule has 0 spiro atoms. The number of nitrogens with two attached hydrogens (primary N) is 1. The third-order valence-electron chi connectivity index (χ3n) is 5.48. The van der Waals surface area contributed by atoms with Crippen LogP contribution in [0.1, 0.15) is 41.4 Å². The first kappa shape index (κ1) is 22.9. The van der Waals surface area contributed by atoms with Gasteiger partial charge in [-0.25, -0.2) is 22.9 Å². The van der Waals surface area contributed by atoms with E-state index in [1.54, 1.807) is 6.92 Å². The molecule has 172 valence electrons.